The first kappa shape index (κ1) is 31.3. The minimum Gasteiger partial charge on any atom is -0.457 e. The molecule has 0 spiro atoms. The van der Waals surface area contributed by atoms with Gasteiger partial charge in [0, 0.05) is 4.96 Å². The molecule has 2 aliphatic heterocycles. The maximum absolute atomic E-state index is 10.7. The van der Waals surface area contributed by atoms with Crippen LogP contribution in [0.25, 0.3) is 0 Å². The van der Waals surface area contributed by atoms with Crippen molar-refractivity contribution in [2.75, 3.05) is 13.2 Å². The highest BCUT2D eigenvalue weighted by atomic mass is 16.7. The summed E-state index contributed by atoms with van der Waals surface area (Å²) in [6, 6.07) is 0. The van der Waals surface area contributed by atoms with Gasteiger partial charge in [0.25, 0.3) is 0 Å². The summed E-state index contributed by atoms with van der Waals surface area (Å²) in [5.74, 6) is -1.04. The smallest absolute Gasteiger partial charge is 0.338 e. The van der Waals surface area contributed by atoms with Crippen molar-refractivity contribution in [3.8, 4) is 0 Å². The number of rotatable bonds is 2. The lowest BCUT2D eigenvalue weighted by atomic mass is 10.00. The zero-order valence-electron chi connectivity index (χ0n) is 14.3. The summed E-state index contributed by atoms with van der Waals surface area (Å²) in [5, 5.41) is 80.2. The number of hydrogen-bond acceptors (Lipinski definition) is 13. The molecule has 16 heteroatoms. The third-order valence-corrected chi connectivity index (χ3v) is 3.61. The Kier molecular flexibility index (Phi) is 16.3. The predicted molar refractivity (Wildman–Crippen MR) is 84.8 cm³/mol. The number of ether oxygens (including phenoxy) is 2. The van der Waals surface area contributed by atoms with Gasteiger partial charge < -0.3 is 66.4 Å². The Labute approximate surface area is 156 Å². The van der Waals surface area contributed by atoms with Gasteiger partial charge >= 0.3 is 5.97 Å². The van der Waals surface area contributed by atoms with E-state index in [0.717, 1.165) is 0 Å². The van der Waals surface area contributed by atoms with Crippen LogP contribution in [0.5, 0.6) is 0 Å². The molecule has 2 fully saturated rings. The number of aliphatic hydroxyl groups excluding tert-OH is 9. The van der Waals surface area contributed by atoms with Crippen LogP contribution in [0, 0.1) is 4.96 Å². The van der Waals surface area contributed by atoms with Crippen LogP contribution >= 0.6 is 0 Å². The molecule has 2 rings (SSSR count). The van der Waals surface area contributed by atoms with Gasteiger partial charge in [0.05, 0.1) is 13.2 Å². The number of carbonyl (C=O) groups excluding carboxylic acids is 1. The molecule has 2 saturated heterocycles. The Hall–Kier alpha value is -1.41. The van der Waals surface area contributed by atoms with E-state index >= 15 is 0 Å². The van der Waals surface area contributed by atoms with Crippen LogP contribution in [-0.2, 0) is 19.7 Å². The maximum atomic E-state index is 10.7. The van der Waals surface area contributed by atoms with E-state index in [1.165, 1.54) is 0 Å². The van der Waals surface area contributed by atoms with Crippen molar-refractivity contribution >= 4 is 5.97 Å². The monoisotopic (exact) mass is 428 g/mol. The molecule has 0 amide bonds. The summed E-state index contributed by atoms with van der Waals surface area (Å²) in [7, 11) is 0. The van der Waals surface area contributed by atoms with Crippen molar-refractivity contribution in [2.45, 2.75) is 55.1 Å². The second-order valence-corrected chi connectivity index (χ2v) is 5.30. The summed E-state index contributed by atoms with van der Waals surface area (Å²) in [6.07, 6.45) is -13.0. The highest BCUT2D eigenvalue weighted by Gasteiger charge is 2.43. The van der Waals surface area contributed by atoms with Gasteiger partial charge in [0.1, 0.15) is 36.6 Å². The first-order chi connectivity index (χ1) is 12.1. The molecule has 15 N–H and O–H groups in total. The molecule has 2 heterocycles. The van der Waals surface area contributed by atoms with Crippen molar-refractivity contribution in [2.24, 2.45) is 0 Å². The average Bonchev–Trinajstić information content (AvgIpc) is 2.66. The van der Waals surface area contributed by atoms with E-state index in [0.29, 0.717) is 0 Å². The number of hydrogen-bond donors (Lipinski definition) is 9. The minimum absolute atomic E-state index is 0. The van der Waals surface area contributed by atoms with E-state index in [1.54, 1.807) is 0 Å². The number of aliphatic hydroxyl groups is 9. The molecule has 0 aromatic rings. The van der Waals surface area contributed by atoms with E-state index < -0.39 is 74.3 Å². The second kappa shape index (κ2) is 14.6. The Balaban J connectivity index is -0.000000385. The second-order valence-electron chi connectivity index (χ2n) is 5.30. The lowest BCUT2D eigenvalue weighted by molar-refractivity contribution is -0.286. The van der Waals surface area contributed by atoms with Crippen LogP contribution in [0.2, 0.25) is 0 Å². The van der Waals surface area contributed by atoms with Crippen LogP contribution < -0.4 is 0 Å². The minimum atomic E-state index is -1.73. The van der Waals surface area contributed by atoms with Crippen molar-refractivity contribution in [1.82, 2.24) is 0 Å². The average molecular weight is 428 g/mol. The van der Waals surface area contributed by atoms with Gasteiger partial charge in [0.15, 0.2) is 18.5 Å². The van der Waals surface area contributed by atoms with E-state index in [-0.39, 0.29) is 11.0 Å². The number of esters is 1. The van der Waals surface area contributed by atoms with Crippen molar-refractivity contribution in [3.63, 3.8) is 0 Å². The third-order valence-electron chi connectivity index (χ3n) is 3.61. The Morgan fingerprint density at radius 3 is 1.61 bits per heavy atom. The van der Waals surface area contributed by atoms with Crippen LogP contribution in [0.15, 0.2) is 0 Å². The van der Waals surface area contributed by atoms with E-state index in [1.807, 2.05) is 0 Å². The van der Waals surface area contributed by atoms with E-state index in [9.17, 15) is 4.79 Å². The maximum Gasteiger partial charge on any atom is 0.338 e. The molecule has 0 aromatic heterocycles. The van der Waals surface area contributed by atoms with Crippen molar-refractivity contribution in [3.05, 3.63) is 4.96 Å². The Morgan fingerprint density at radius 1 is 0.750 bits per heavy atom. The van der Waals surface area contributed by atoms with Crippen molar-refractivity contribution in [1.29, 1.82) is 0 Å². The lowest BCUT2D eigenvalue weighted by Gasteiger charge is -2.37. The predicted octanol–water partition coefficient (Wildman–Crippen LogP) is -8.12. The largest absolute Gasteiger partial charge is 0.457 e. The normalized spacial score (nSPS) is 39.5. The van der Waals surface area contributed by atoms with Crippen LogP contribution in [0.1, 0.15) is 0 Å². The third kappa shape index (κ3) is 7.54. The summed E-state index contributed by atoms with van der Waals surface area (Å²) in [5.41, 5.74) is 0. The van der Waals surface area contributed by atoms with Gasteiger partial charge in [-0.3, -0.25) is 0 Å². The summed E-state index contributed by atoms with van der Waals surface area (Å²) >= 11 is 0. The summed E-state index contributed by atoms with van der Waals surface area (Å²) < 4.78 is 8.96. The molecule has 2 aliphatic rings. The highest BCUT2D eigenvalue weighted by molar-refractivity contribution is 5.76. The Morgan fingerprint density at radius 2 is 1.18 bits per heavy atom. The van der Waals surface area contributed by atoms with E-state index in [4.69, 9.17) is 55.9 Å². The zero-order valence-corrected chi connectivity index (χ0v) is 14.3. The standard InChI is InChI=1S/C6H12O6.C6H10O6.O2.2H2O/c2*7-1-2-3(8)4(9)5(10)6(11)12-2;1-2;;/h2-11H,1H2;2-5,7-10H,1H2;;2*1H2/p+2. The van der Waals surface area contributed by atoms with Crippen LogP contribution in [0.4, 0.5) is 0 Å². The zero-order chi connectivity index (χ0) is 20.6. The fourth-order valence-electron chi connectivity index (χ4n) is 2.06. The molecule has 0 radical (unpaired) electrons. The van der Waals surface area contributed by atoms with Crippen LogP contribution in [0.3, 0.4) is 0 Å². The number of carbonyl (C=O) groups is 1. The van der Waals surface area contributed by atoms with Gasteiger partial charge in [-0.05, 0) is 0 Å². The Bertz CT molecular complexity index is 416. The highest BCUT2D eigenvalue weighted by Crippen LogP contribution is 2.19. The molecule has 0 bridgehead atoms. The quantitative estimate of drug-likeness (QED) is 0.146. The first-order valence-corrected chi connectivity index (χ1v) is 7.18. The van der Waals surface area contributed by atoms with E-state index in [2.05, 4.69) is 9.47 Å². The molecule has 0 aliphatic carbocycles. The fourth-order valence-corrected chi connectivity index (χ4v) is 2.06. The molecular formula is C12H28O16+2. The molecule has 0 saturated carbocycles. The molecular weight excluding hydrogens is 400 g/mol. The summed E-state index contributed by atoms with van der Waals surface area (Å²) in [4.78, 5) is 23.7. The summed E-state index contributed by atoms with van der Waals surface area (Å²) in [6.45, 7) is -1.11. The first-order valence-electron chi connectivity index (χ1n) is 7.18. The molecule has 170 valence electrons. The van der Waals surface area contributed by atoms with Gasteiger partial charge in [0.2, 0.25) is 4.96 Å². The number of cyclic esters (lactones) is 1. The molecule has 9 unspecified atom stereocenters. The topological polar surface area (TPSA) is 321 Å². The van der Waals surface area contributed by atoms with Gasteiger partial charge in [-0.25, -0.2) is 4.79 Å². The van der Waals surface area contributed by atoms with Crippen LogP contribution in [-0.4, -0.2) is 131 Å². The fraction of sp³-hybridized carbons (Fsp3) is 0.917. The van der Waals surface area contributed by atoms with Crippen molar-refractivity contribution < 1.29 is 76.1 Å². The van der Waals surface area contributed by atoms with Gasteiger partial charge in [-0.1, -0.05) is 0 Å². The molecule has 28 heavy (non-hydrogen) atoms. The molecule has 9 atom stereocenters. The molecule has 0 aromatic carbocycles. The SMILES string of the molecule is O.O=C1OC(CO)C(O)C(O)C1O.O=[OH+].OCC1OC(O)C(O)C(O)C1O.[OH3+]. The van der Waals surface area contributed by atoms with Gasteiger partial charge in [-0.2, -0.15) is 0 Å². The lowest BCUT2D eigenvalue weighted by Crippen LogP contribution is -2.58. The molecule has 16 nitrogen and oxygen atoms in total. The van der Waals surface area contributed by atoms with Gasteiger partial charge in [-0.15, -0.1) is 0 Å².